The van der Waals surface area contributed by atoms with Crippen molar-refractivity contribution in [2.24, 2.45) is 0 Å². The van der Waals surface area contributed by atoms with Gasteiger partial charge in [-0.1, -0.05) is 18.2 Å². The lowest BCUT2D eigenvalue weighted by Crippen LogP contribution is -2.27. The van der Waals surface area contributed by atoms with Crippen LogP contribution in [-0.4, -0.2) is 36.6 Å². The van der Waals surface area contributed by atoms with Gasteiger partial charge in [0.05, 0.1) is 6.10 Å². The maximum atomic E-state index is 11.3. The van der Waals surface area contributed by atoms with Crippen LogP contribution in [0.15, 0.2) is 24.3 Å². The average molecular weight is 223 g/mol. The number of hydrogen-bond donors (Lipinski definition) is 1. The summed E-state index contributed by atoms with van der Waals surface area (Å²) in [6, 6.07) is 7.15. The highest BCUT2D eigenvalue weighted by Gasteiger charge is 2.10. The van der Waals surface area contributed by atoms with Crippen LogP contribution in [0.2, 0.25) is 0 Å². The van der Waals surface area contributed by atoms with Gasteiger partial charge in [0.25, 0.3) is 5.91 Å². The minimum Gasteiger partial charge on any atom is -0.483 e. The van der Waals surface area contributed by atoms with Crippen molar-refractivity contribution in [3.05, 3.63) is 29.8 Å². The van der Waals surface area contributed by atoms with Gasteiger partial charge in [0, 0.05) is 19.7 Å². The van der Waals surface area contributed by atoms with Gasteiger partial charge < -0.3 is 14.7 Å². The Morgan fingerprint density at radius 1 is 1.44 bits per heavy atom. The highest BCUT2D eigenvalue weighted by atomic mass is 16.5. The van der Waals surface area contributed by atoms with E-state index in [9.17, 15) is 9.90 Å². The van der Waals surface area contributed by atoms with E-state index in [0.717, 1.165) is 0 Å². The van der Waals surface area contributed by atoms with Crippen molar-refractivity contribution in [2.75, 3.05) is 20.7 Å². The first-order valence-corrected chi connectivity index (χ1v) is 5.12. The quantitative estimate of drug-likeness (QED) is 0.834. The van der Waals surface area contributed by atoms with Crippen LogP contribution >= 0.6 is 0 Å². The summed E-state index contributed by atoms with van der Waals surface area (Å²) < 4.78 is 5.37. The Bertz CT molecular complexity index is 361. The lowest BCUT2D eigenvalue weighted by atomic mass is 10.1. The van der Waals surface area contributed by atoms with Crippen molar-refractivity contribution >= 4 is 5.91 Å². The molecule has 1 amide bonds. The second kappa shape index (κ2) is 5.51. The van der Waals surface area contributed by atoms with Crippen LogP contribution in [0.1, 0.15) is 18.6 Å². The Morgan fingerprint density at radius 3 is 2.62 bits per heavy atom. The van der Waals surface area contributed by atoms with E-state index in [4.69, 9.17) is 4.74 Å². The second-order valence-corrected chi connectivity index (χ2v) is 3.79. The number of aliphatic hydroxyl groups excluding tert-OH is 1. The van der Waals surface area contributed by atoms with Crippen LogP contribution in [0.4, 0.5) is 0 Å². The van der Waals surface area contributed by atoms with Gasteiger partial charge >= 0.3 is 0 Å². The van der Waals surface area contributed by atoms with Crippen molar-refractivity contribution in [2.45, 2.75) is 13.0 Å². The molecule has 1 N–H and O–H groups in total. The summed E-state index contributed by atoms with van der Waals surface area (Å²) in [4.78, 5) is 12.8. The summed E-state index contributed by atoms with van der Waals surface area (Å²) in [5.41, 5.74) is 0.689. The third kappa shape index (κ3) is 3.24. The zero-order chi connectivity index (χ0) is 12.1. The van der Waals surface area contributed by atoms with E-state index in [0.29, 0.717) is 11.3 Å². The van der Waals surface area contributed by atoms with Crippen LogP contribution in [0.25, 0.3) is 0 Å². The topological polar surface area (TPSA) is 49.8 Å². The fraction of sp³-hybridized carbons (Fsp3) is 0.417. The molecule has 0 spiro atoms. The van der Waals surface area contributed by atoms with Crippen molar-refractivity contribution in [1.29, 1.82) is 0 Å². The van der Waals surface area contributed by atoms with Crippen LogP contribution in [0.5, 0.6) is 5.75 Å². The molecule has 1 aromatic rings. The fourth-order valence-electron chi connectivity index (χ4n) is 1.23. The number of ether oxygens (including phenoxy) is 1. The molecule has 0 bridgehead atoms. The molecule has 1 atom stereocenters. The van der Waals surface area contributed by atoms with Crippen LogP contribution in [0, 0.1) is 0 Å². The number of rotatable bonds is 4. The van der Waals surface area contributed by atoms with E-state index in [2.05, 4.69) is 0 Å². The minimum atomic E-state index is -0.606. The molecule has 0 radical (unpaired) electrons. The first-order valence-electron chi connectivity index (χ1n) is 5.12. The summed E-state index contributed by atoms with van der Waals surface area (Å²) in [5, 5.41) is 9.50. The molecule has 0 fully saturated rings. The average Bonchev–Trinajstić information content (AvgIpc) is 2.25. The first-order chi connectivity index (χ1) is 7.52. The van der Waals surface area contributed by atoms with Gasteiger partial charge in [-0.05, 0) is 13.0 Å². The van der Waals surface area contributed by atoms with Gasteiger partial charge in [-0.25, -0.2) is 0 Å². The number of amides is 1. The molecule has 16 heavy (non-hydrogen) atoms. The smallest absolute Gasteiger partial charge is 0.259 e. The predicted octanol–water partition coefficient (Wildman–Crippen LogP) is 1.21. The summed E-state index contributed by atoms with van der Waals surface area (Å²) in [6.07, 6.45) is -0.606. The Hall–Kier alpha value is -1.55. The molecule has 0 heterocycles. The lowest BCUT2D eigenvalue weighted by molar-refractivity contribution is -0.130. The largest absolute Gasteiger partial charge is 0.483 e. The van der Waals surface area contributed by atoms with Gasteiger partial charge in [0.2, 0.25) is 0 Å². The molecule has 4 nitrogen and oxygen atoms in total. The summed E-state index contributed by atoms with van der Waals surface area (Å²) >= 11 is 0. The number of benzene rings is 1. The molecular formula is C12H17NO3. The lowest BCUT2D eigenvalue weighted by Gasteiger charge is -2.15. The third-order valence-electron chi connectivity index (χ3n) is 2.22. The van der Waals surface area contributed by atoms with Gasteiger partial charge in [0.15, 0.2) is 6.61 Å². The van der Waals surface area contributed by atoms with Gasteiger partial charge in [-0.3, -0.25) is 4.79 Å². The van der Waals surface area contributed by atoms with Crippen molar-refractivity contribution < 1.29 is 14.6 Å². The van der Waals surface area contributed by atoms with Crippen LogP contribution < -0.4 is 4.74 Å². The molecule has 4 heteroatoms. The van der Waals surface area contributed by atoms with Crippen molar-refractivity contribution in [3.8, 4) is 5.75 Å². The number of carbonyl (C=O) groups excluding carboxylic acids is 1. The molecule has 88 valence electrons. The maximum absolute atomic E-state index is 11.3. The molecule has 0 aliphatic rings. The third-order valence-corrected chi connectivity index (χ3v) is 2.22. The predicted molar refractivity (Wildman–Crippen MR) is 61.3 cm³/mol. The maximum Gasteiger partial charge on any atom is 0.259 e. The number of carbonyl (C=O) groups is 1. The molecule has 1 rings (SSSR count). The van der Waals surface area contributed by atoms with E-state index in [1.54, 1.807) is 39.2 Å². The molecule has 0 saturated heterocycles. The number of hydrogen-bond acceptors (Lipinski definition) is 3. The van der Waals surface area contributed by atoms with Gasteiger partial charge in [-0.15, -0.1) is 0 Å². The monoisotopic (exact) mass is 223 g/mol. The highest BCUT2D eigenvalue weighted by molar-refractivity contribution is 5.77. The van der Waals surface area contributed by atoms with Gasteiger partial charge in [-0.2, -0.15) is 0 Å². The number of para-hydroxylation sites is 1. The summed E-state index contributed by atoms with van der Waals surface area (Å²) in [5.74, 6) is 0.438. The fourth-order valence-corrected chi connectivity index (χ4v) is 1.23. The van der Waals surface area contributed by atoms with E-state index < -0.39 is 6.10 Å². The van der Waals surface area contributed by atoms with Crippen LogP contribution in [0.3, 0.4) is 0 Å². The number of likely N-dealkylation sites (N-methyl/N-ethyl adjacent to an activating group) is 1. The second-order valence-electron chi connectivity index (χ2n) is 3.79. The Morgan fingerprint density at radius 2 is 2.06 bits per heavy atom. The van der Waals surface area contributed by atoms with Crippen molar-refractivity contribution in [1.82, 2.24) is 4.90 Å². The Kier molecular flexibility index (Phi) is 4.31. The molecule has 0 aliphatic carbocycles. The zero-order valence-electron chi connectivity index (χ0n) is 9.80. The summed E-state index contributed by atoms with van der Waals surface area (Å²) in [7, 11) is 3.35. The van der Waals surface area contributed by atoms with E-state index in [1.807, 2.05) is 6.07 Å². The minimum absolute atomic E-state index is 0.0171. The van der Waals surface area contributed by atoms with Crippen molar-refractivity contribution in [3.63, 3.8) is 0 Å². The van der Waals surface area contributed by atoms with Crippen LogP contribution in [-0.2, 0) is 4.79 Å². The summed E-state index contributed by atoms with van der Waals surface area (Å²) in [6.45, 7) is 1.65. The van der Waals surface area contributed by atoms with E-state index in [-0.39, 0.29) is 12.5 Å². The SMILES string of the molecule is CC(O)c1ccccc1OCC(=O)N(C)C. The first kappa shape index (κ1) is 12.5. The number of aliphatic hydroxyl groups is 1. The van der Waals surface area contributed by atoms with Gasteiger partial charge in [0.1, 0.15) is 5.75 Å². The molecular weight excluding hydrogens is 206 g/mol. The van der Waals surface area contributed by atoms with E-state index in [1.165, 1.54) is 4.90 Å². The van der Waals surface area contributed by atoms with E-state index >= 15 is 0 Å². The number of nitrogens with zero attached hydrogens (tertiary/aromatic N) is 1. The molecule has 0 aromatic heterocycles. The molecule has 1 unspecified atom stereocenters. The zero-order valence-corrected chi connectivity index (χ0v) is 9.80. The molecule has 1 aromatic carbocycles. The Labute approximate surface area is 95.5 Å². The normalized spacial score (nSPS) is 12.0. The molecule has 0 aliphatic heterocycles. The highest BCUT2D eigenvalue weighted by Crippen LogP contribution is 2.24. The Balaban J connectivity index is 2.70. The standard InChI is InChI=1S/C12H17NO3/c1-9(14)10-6-4-5-7-11(10)16-8-12(15)13(2)3/h4-7,9,14H,8H2,1-3H3. The molecule has 0 saturated carbocycles.